The Kier molecular flexibility index (Phi) is 4.62. The van der Waals surface area contributed by atoms with E-state index in [-0.39, 0.29) is 12.5 Å². The fourth-order valence-electron chi connectivity index (χ4n) is 3.07. The summed E-state index contributed by atoms with van der Waals surface area (Å²) in [4.78, 5) is 25.9. The molecular weight excluding hydrogens is 306 g/mol. The molecule has 0 radical (unpaired) electrons. The number of carboxylic acid groups (broad SMARTS) is 1. The molecule has 0 spiro atoms. The van der Waals surface area contributed by atoms with Crippen molar-refractivity contribution in [1.29, 1.82) is 0 Å². The Balaban J connectivity index is 1.84. The molecule has 0 bridgehead atoms. The highest BCUT2D eigenvalue weighted by Gasteiger charge is 2.32. The number of carboxylic acids is 1. The van der Waals surface area contributed by atoms with E-state index in [0.717, 1.165) is 16.7 Å². The van der Waals surface area contributed by atoms with E-state index in [1.54, 1.807) is 24.1 Å². The van der Waals surface area contributed by atoms with Crippen LogP contribution in [0.5, 0.6) is 0 Å². The third-order valence-corrected chi connectivity index (χ3v) is 4.29. The van der Waals surface area contributed by atoms with E-state index >= 15 is 0 Å². The molecule has 0 fully saturated rings. The first-order valence-corrected chi connectivity index (χ1v) is 7.78. The van der Waals surface area contributed by atoms with Gasteiger partial charge in [-0.05, 0) is 28.8 Å². The highest BCUT2D eigenvalue weighted by atomic mass is 16.5. The number of methoxy groups -OCH3 is 1. The molecule has 24 heavy (non-hydrogen) atoms. The molecule has 5 heteroatoms. The Morgan fingerprint density at radius 2 is 1.88 bits per heavy atom. The number of nitrogens with zero attached hydrogens (tertiary/aromatic N) is 1. The van der Waals surface area contributed by atoms with Gasteiger partial charge in [0.1, 0.15) is 0 Å². The SMILES string of the molecule is COCc1ccc(C(=O)N2Cc3ccccc3C(C(=O)O)C2)cc1. The first-order valence-electron chi connectivity index (χ1n) is 7.78. The fraction of sp³-hybridized carbons (Fsp3) is 0.263. The van der Waals surface area contributed by atoms with Crippen molar-refractivity contribution in [3.63, 3.8) is 0 Å². The molecule has 1 unspecified atom stereocenters. The Morgan fingerprint density at radius 3 is 2.54 bits per heavy atom. The topological polar surface area (TPSA) is 66.8 Å². The molecule has 2 aromatic rings. The average molecular weight is 325 g/mol. The highest BCUT2D eigenvalue weighted by Crippen LogP contribution is 2.29. The molecule has 0 saturated carbocycles. The summed E-state index contributed by atoms with van der Waals surface area (Å²) < 4.78 is 5.06. The number of carbonyl (C=O) groups excluding carboxylic acids is 1. The number of rotatable bonds is 4. The van der Waals surface area contributed by atoms with Crippen LogP contribution in [0.1, 0.15) is 33.0 Å². The van der Waals surface area contributed by atoms with E-state index in [9.17, 15) is 14.7 Å². The second kappa shape index (κ2) is 6.84. The van der Waals surface area contributed by atoms with Gasteiger partial charge in [0.05, 0.1) is 12.5 Å². The first-order chi connectivity index (χ1) is 11.6. The smallest absolute Gasteiger partial charge is 0.312 e. The van der Waals surface area contributed by atoms with Crippen molar-refractivity contribution < 1.29 is 19.4 Å². The van der Waals surface area contributed by atoms with Crippen LogP contribution < -0.4 is 0 Å². The zero-order chi connectivity index (χ0) is 17.1. The minimum absolute atomic E-state index is 0.153. The van der Waals surface area contributed by atoms with Crippen molar-refractivity contribution in [2.24, 2.45) is 0 Å². The molecule has 1 aliphatic rings. The van der Waals surface area contributed by atoms with Crippen LogP contribution in [0.3, 0.4) is 0 Å². The third kappa shape index (κ3) is 3.16. The van der Waals surface area contributed by atoms with Crippen molar-refractivity contribution in [1.82, 2.24) is 4.90 Å². The largest absolute Gasteiger partial charge is 0.481 e. The van der Waals surface area contributed by atoms with E-state index in [4.69, 9.17) is 4.74 Å². The molecule has 1 amide bonds. The number of fused-ring (bicyclic) bond motifs is 1. The van der Waals surface area contributed by atoms with Crippen LogP contribution in [0.25, 0.3) is 0 Å². The molecule has 1 N–H and O–H groups in total. The van der Waals surface area contributed by atoms with Crippen molar-refractivity contribution in [2.75, 3.05) is 13.7 Å². The number of hydrogen-bond donors (Lipinski definition) is 1. The van der Waals surface area contributed by atoms with Gasteiger partial charge in [0.25, 0.3) is 5.91 Å². The van der Waals surface area contributed by atoms with Crippen LogP contribution in [-0.2, 0) is 22.7 Å². The van der Waals surface area contributed by atoms with Gasteiger partial charge in [-0.15, -0.1) is 0 Å². The first kappa shape index (κ1) is 16.2. The summed E-state index contributed by atoms with van der Waals surface area (Å²) in [6.07, 6.45) is 0. The van der Waals surface area contributed by atoms with Gasteiger partial charge in [0.2, 0.25) is 0 Å². The van der Waals surface area contributed by atoms with Gasteiger partial charge in [0, 0.05) is 25.8 Å². The van der Waals surface area contributed by atoms with E-state index in [1.165, 1.54) is 0 Å². The Hall–Kier alpha value is -2.66. The lowest BCUT2D eigenvalue weighted by molar-refractivity contribution is -0.139. The van der Waals surface area contributed by atoms with Gasteiger partial charge in [0.15, 0.2) is 0 Å². The lowest BCUT2D eigenvalue weighted by Gasteiger charge is -2.33. The lowest BCUT2D eigenvalue weighted by atomic mass is 9.89. The summed E-state index contributed by atoms with van der Waals surface area (Å²) in [6, 6.07) is 14.6. The van der Waals surface area contributed by atoms with E-state index in [1.807, 2.05) is 36.4 Å². The summed E-state index contributed by atoms with van der Waals surface area (Å²) in [5.41, 5.74) is 3.23. The standard InChI is InChI=1S/C19H19NO4/c1-24-12-13-6-8-14(9-7-13)18(21)20-10-15-4-2-3-5-16(15)17(11-20)19(22)23/h2-9,17H,10-12H2,1H3,(H,22,23). The van der Waals surface area contributed by atoms with E-state index < -0.39 is 11.9 Å². The molecule has 0 aliphatic carbocycles. The van der Waals surface area contributed by atoms with Crippen molar-refractivity contribution in [3.8, 4) is 0 Å². The van der Waals surface area contributed by atoms with Gasteiger partial charge >= 0.3 is 5.97 Å². The summed E-state index contributed by atoms with van der Waals surface area (Å²) in [5, 5.41) is 9.50. The zero-order valence-electron chi connectivity index (χ0n) is 13.4. The maximum atomic E-state index is 12.7. The minimum atomic E-state index is -0.907. The fourth-order valence-corrected chi connectivity index (χ4v) is 3.07. The van der Waals surface area contributed by atoms with Crippen molar-refractivity contribution in [2.45, 2.75) is 19.1 Å². The number of hydrogen-bond acceptors (Lipinski definition) is 3. The average Bonchev–Trinajstić information content (AvgIpc) is 2.61. The van der Waals surface area contributed by atoms with Crippen LogP contribution >= 0.6 is 0 Å². The number of carbonyl (C=O) groups is 2. The van der Waals surface area contributed by atoms with Crippen molar-refractivity contribution in [3.05, 3.63) is 70.8 Å². The molecular formula is C19H19NO4. The molecule has 2 aromatic carbocycles. The van der Waals surface area contributed by atoms with E-state index in [0.29, 0.717) is 18.7 Å². The van der Waals surface area contributed by atoms with E-state index in [2.05, 4.69) is 0 Å². The normalized spacial score (nSPS) is 16.5. The number of benzene rings is 2. The minimum Gasteiger partial charge on any atom is -0.481 e. The zero-order valence-corrected chi connectivity index (χ0v) is 13.4. The van der Waals surface area contributed by atoms with Crippen LogP contribution in [0.15, 0.2) is 48.5 Å². The van der Waals surface area contributed by atoms with Crippen LogP contribution in [0, 0.1) is 0 Å². The summed E-state index contributed by atoms with van der Waals surface area (Å²) >= 11 is 0. The quantitative estimate of drug-likeness (QED) is 0.938. The van der Waals surface area contributed by atoms with Gasteiger partial charge in [-0.1, -0.05) is 36.4 Å². The number of aliphatic carboxylic acids is 1. The second-order valence-corrected chi connectivity index (χ2v) is 5.91. The highest BCUT2D eigenvalue weighted by molar-refractivity contribution is 5.95. The monoisotopic (exact) mass is 325 g/mol. The van der Waals surface area contributed by atoms with Gasteiger partial charge in [-0.25, -0.2) is 0 Å². The molecule has 1 aliphatic heterocycles. The lowest BCUT2D eigenvalue weighted by Crippen LogP contribution is -2.40. The molecule has 124 valence electrons. The Labute approximate surface area is 140 Å². The third-order valence-electron chi connectivity index (χ3n) is 4.29. The Morgan fingerprint density at radius 1 is 1.17 bits per heavy atom. The molecule has 0 saturated heterocycles. The molecule has 3 rings (SSSR count). The predicted molar refractivity (Wildman–Crippen MR) is 88.7 cm³/mol. The van der Waals surface area contributed by atoms with Crippen LogP contribution in [0.2, 0.25) is 0 Å². The number of amides is 1. The summed E-state index contributed by atoms with van der Waals surface area (Å²) in [7, 11) is 1.62. The van der Waals surface area contributed by atoms with Gasteiger partial charge in [-0.3, -0.25) is 9.59 Å². The number of ether oxygens (including phenoxy) is 1. The van der Waals surface area contributed by atoms with Gasteiger partial charge < -0.3 is 14.7 Å². The van der Waals surface area contributed by atoms with Crippen LogP contribution in [0.4, 0.5) is 0 Å². The predicted octanol–water partition coefficient (Wildman–Crippen LogP) is 2.66. The maximum Gasteiger partial charge on any atom is 0.312 e. The molecule has 0 aromatic heterocycles. The summed E-state index contributed by atoms with van der Waals surface area (Å²) in [6.45, 7) is 1.11. The molecule has 1 heterocycles. The second-order valence-electron chi connectivity index (χ2n) is 5.91. The Bertz CT molecular complexity index is 754. The summed E-state index contributed by atoms with van der Waals surface area (Å²) in [5.74, 6) is -1.75. The molecule has 5 nitrogen and oxygen atoms in total. The molecule has 1 atom stereocenters. The van der Waals surface area contributed by atoms with Crippen LogP contribution in [-0.4, -0.2) is 35.5 Å². The van der Waals surface area contributed by atoms with Crippen molar-refractivity contribution >= 4 is 11.9 Å². The maximum absolute atomic E-state index is 12.7. The van der Waals surface area contributed by atoms with Gasteiger partial charge in [-0.2, -0.15) is 0 Å².